The van der Waals surface area contributed by atoms with Crippen molar-refractivity contribution in [3.8, 4) is 16.9 Å². The van der Waals surface area contributed by atoms with Crippen molar-refractivity contribution in [2.24, 2.45) is 5.41 Å². The number of nitro groups is 1. The molecule has 2 heterocycles. The fourth-order valence-corrected chi connectivity index (χ4v) is 3.23. The molecule has 0 N–H and O–H groups in total. The fourth-order valence-electron chi connectivity index (χ4n) is 3.23. The van der Waals surface area contributed by atoms with E-state index < -0.39 is 10.3 Å². The third-order valence-electron chi connectivity index (χ3n) is 4.84. The Kier molecular flexibility index (Phi) is 5.73. The van der Waals surface area contributed by atoms with Gasteiger partial charge in [-0.15, -0.1) is 0 Å². The van der Waals surface area contributed by atoms with Crippen molar-refractivity contribution >= 4 is 17.2 Å². The molecule has 2 aromatic heterocycles. The quantitative estimate of drug-likeness (QED) is 0.300. The van der Waals surface area contributed by atoms with Gasteiger partial charge in [0.15, 0.2) is 5.75 Å². The number of ether oxygens (including phenoxy) is 1. The number of hydrogen-bond donors (Lipinski definition) is 0. The number of hydrogen-bond acceptors (Lipinski definition) is 4. The van der Waals surface area contributed by atoms with Crippen molar-refractivity contribution in [1.82, 2.24) is 4.40 Å². The van der Waals surface area contributed by atoms with Gasteiger partial charge < -0.3 is 9.14 Å². The molecule has 1 aromatic carbocycles. The molecule has 0 fully saturated rings. The van der Waals surface area contributed by atoms with Crippen molar-refractivity contribution in [3.63, 3.8) is 0 Å². The number of rotatable bonds is 6. The minimum Gasteiger partial charge on any atom is -0.423 e. The standard InChI is InChI=1S/C23H26N2O4/c1-5-6-9-18-20(16-11-13-17(14-12-16)25(27)28)21(29-22(26)23(2,3)4)19-10-7-8-15-24(18)19/h7-8,10-15H,5-6,9H2,1-4H3. The Balaban J connectivity index is 2.24. The van der Waals surface area contributed by atoms with Crippen LogP contribution in [0.2, 0.25) is 0 Å². The predicted molar refractivity (Wildman–Crippen MR) is 113 cm³/mol. The van der Waals surface area contributed by atoms with Crippen molar-refractivity contribution in [2.75, 3.05) is 0 Å². The van der Waals surface area contributed by atoms with Gasteiger partial charge in [-0.2, -0.15) is 0 Å². The minimum atomic E-state index is -0.653. The van der Waals surface area contributed by atoms with Gasteiger partial charge in [-0.05, 0) is 63.4 Å². The molecule has 0 saturated heterocycles. The van der Waals surface area contributed by atoms with Crippen LogP contribution in [0.5, 0.6) is 5.75 Å². The van der Waals surface area contributed by atoms with Gasteiger partial charge in [0, 0.05) is 29.6 Å². The van der Waals surface area contributed by atoms with Crippen LogP contribution in [0.3, 0.4) is 0 Å². The molecule has 0 atom stereocenters. The van der Waals surface area contributed by atoms with Gasteiger partial charge in [0.25, 0.3) is 5.69 Å². The summed E-state index contributed by atoms with van der Waals surface area (Å²) < 4.78 is 7.98. The first-order valence-corrected chi connectivity index (χ1v) is 9.83. The van der Waals surface area contributed by atoms with E-state index >= 15 is 0 Å². The van der Waals surface area contributed by atoms with Crippen LogP contribution in [0, 0.1) is 15.5 Å². The maximum absolute atomic E-state index is 12.7. The molecule has 0 aliphatic heterocycles. The average molecular weight is 394 g/mol. The summed E-state index contributed by atoms with van der Waals surface area (Å²) in [5.41, 5.74) is 2.83. The Labute approximate surface area is 170 Å². The monoisotopic (exact) mass is 394 g/mol. The zero-order chi connectivity index (χ0) is 21.2. The van der Waals surface area contributed by atoms with E-state index in [-0.39, 0.29) is 11.7 Å². The van der Waals surface area contributed by atoms with E-state index in [0.717, 1.165) is 41.6 Å². The normalized spacial score (nSPS) is 11.6. The van der Waals surface area contributed by atoms with Gasteiger partial charge >= 0.3 is 5.97 Å². The number of nitrogens with zero attached hydrogens (tertiary/aromatic N) is 2. The van der Waals surface area contributed by atoms with Crippen molar-refractivity contribution in [2.45, 2.75) is 47.0 Å². The summed E-state index contributed by atoms with van der Waals surface area (Å²) in [5.74, 6) is 0.185. The van der Waals surface area contributed by atoms with Crippen molar-refractivity contribution in [1.29, 1.82) is 0 Å². The van der Waals surface area contributed by atoms with E-state index in [0.29, 0.717) is 5.75 Å². The molecule has 0 aliphatic carbocycles. The van der Waals surface area contributed by atoms with Crippen LogP contribution >= 0.6 is 0 Å². The van der Waals surface area contributed by atoms with Crippen LogP contribution in [0.15, 0.2) is 48.7 Å². The van der Waals surface area contributed by atoms with E-state index in [1.807, 2.05) is 45.2 Å². The second kappa shape index (κ2) is 8.07. The summed E-state index contributed by atoms with van der Waals surface area (Å²) in [6, 6.07) is 12.2. The van der Waals surface area contributed by atoms with Gasteiger partial charge in [-0.3, -0.25) is 14.9 Å². The van der Waals surface area contributed by atoms with Crippen LogP contribution in [-0.2, 0) is 11.2 Å². The summed E-state index contributed by atoms with van der Waals surface area (Å²) >= 11 is 0. The van der Waals surface area contributed by atoms with E-state index in [9.17, 15) is 14.9 Å². The number of aromatic nitrogens is 1. The number of unbranched alkanes of at least 4 members (excludes halogenated alkanes) is 1. The molecule has 152 valence electrons. The first kappa shape index (κ1) is 20.6. The lowest BCUT2D eigenvalue weighted by atomic mass is 9.97. The highest BCUT2D eigenvalue weighted by Gasteiger charge is 2.28. The molecule has 3 aromatic rings. The Morgan fingerprint density at radius 1 is 1.14 bits per heavy atom. The molecule has 0 spiro atoms. The highest BCUT2D eigenvalue weighted by Crippen LogP contribution is 2.41. The molecular weight excluding hydrogens is 368 g/mol. The Morgan fingerprint density at radius 3 is 2.41 bits per heavy atom. The summed E-state index contributed by atoms with van der Waals surface area (Å²) in [5, 5.41) is 11.1. The number of nitro benzene ring substituents is 1. The highest BCUT2D eigenvalue weighted by molar-refractivity contribution is 5.89. The number of pyridine rings is 1. The zero-order valence-electron chi connectivity index (χ0n) is 17.3. The van der Waals surface area contributed by atoms with Gasteiger partial charge in [-0.1, -0.05) is 19.4 Å². The summed E-state index contributed by atoms with van der Waals surface area (Å²) in [4.78, 5) is 23.3. The number of non-ortho nitro benzene ring substituents is 1. The molecule has 0 unspecified atom stereocenters. The maximum Gasteiger partial charge on any atom is 0.316 e. The SMILES string of the molecule is CCCCc1c(-c2ccc([N+](=O)[O-])cc2)c(OC(=O)C(C)(C)C)c2ccccn12. The second-order valence-corrected chi connectivity index (χ2v) is 8.15. The van der Waals surface area contributed by atoms with Crippen LogP contribution < -0.4 is 4.74 Å². The number of benzene rings is 1. The molecule has 6 heteroatoms. The third-order valence-corrected chi connectivity index (χ3v) is 4.84. The maximum atomic E-state index is 12.7. The van der Waals surface area contributed by atoms with Gasteiger partial charge in [0.1, 0.15) is 0 Å². The van der Waals surface area contributed by atoms with E-state index in [1.165, 1.54) is 12.1 Å². The molecule has 6 nitrogen and oxygen atoms in total. The first-order valence-electron chi connectivity index (χ1n) is 9.83. The molecule has 0 amide bonds. The van der Waals surface area contributed by atoms with Crippen LogP contribution in [0.25, 0.3) is 16.6 Å². The molecule has 3 rings (SSSR count). The fraction of sp³-hybridized carbons (Fsp3) is 0.348. The van der Waals surface area contributed by atoms with Crippen LogP contribution in [0.1, 0.15) is 46.2 Å². The minimum absolute atomic E-state index is 0.0286. The number of carbonyl (C=O) groups excluding carboxylic acids is 1. The van der Waals surface area contributed by atoms with Gasteiger partial charge in [0.2, 0.25) is 0 Å². The smallest absolute Gasteiger partial charge is 0.316 e. The lowest BCUT2D eigenvalue weighted by Crippen LogP contribution is -2.25. The molecular formula is C23H26N2O4. The molecule has 0 radical (unpaired) electrons. The molecule has 0 aliphatic rings. The largest absolute Gasteiger partial charge is 0.423 e. The number of aryl methyl sites for hydroxylation is 1. The topological polar surface area (TPSA) is 73.8 Å². The summed E-state index contributed by atoms with van der Waals surface area (Å²) in [7, 11) is 0. The number of esters is 1. The van der Waals surface area contributed by atoms with Crippen molar-refractivity contribution < 1.29 is 14.5 Å². The average Bonchev–Trinajstić information content (AvgIpc) is 2.99. The first-order chi connectivity index (χ1) is 13.7. The number of carbonyl (C=O) groups is 1. The lowest BCUT2D eigenvalue weighted by molar-refractivity contribution is -0.384. The predicted octanol–water partition coefficient (Wildman–Crippen LogP) is 5.81. The van der Waals surface area contributed by atoms with Gasteiger partial charge in [-0.25, -0.2) is 0 Å². The van der Waals surface area contributed by atoms with E-state index in [4.69, 9.17) is 4.74 Å². The lowest BCUT2D eigenvalue weighted by Gasteiger charge is -2.17. The molecule has 29 heavy (non-hydrogen) atoms. The van der Waals surface area contributed by atoms with Crippen LogP contribution in [0.4, 0.5) is 5.69 Å². The highest BCUT2D eigenvalue weighted by atomic mass is 16.6. The van der Waals surface area contributed by atoms with Crippen molar-refractivity contribution in [3.05, 3.63) is 64.5 Å². The Hall–Kier alpha value is -3.15. The van der Waals surface area contributed by atoms with E-state index in [2.05, 4.69) is 11.3 Å². The van der Waals surface area contributed by atoms with E-state index in [1.54, 1.807) is 12.1 Å². The van der Waals surface area contributed by atoms with Crippen LogP contribution in [-0.4, -0.2) is 15.3 Å². The summed E-state index contributed by atoms with van der Waals surface area (Å²) in [6.45, 7) is 7.58. The zero-order valence-corrected chi connectivity index (χ0v) is 17.3. The molecule has 0 bridgehead atoms. The second-order valence-electron chi connectivity index (χ2n) is 8.15. The Morgan fingerprint density at radius 2 is 1.83 bits per heavy atom. The van der Waals surface area contributed by atoms with Gasteiger partial charge in [0.05, 0.1) is 15.9 Å². The number of fused-ring (bicyclic) bond motifs is 1. The molecule has 0 saturated carbocycles. The summed E-state index contributed by atoms with van der Waals surface area (Å²) in [6.07, 6.45) is 4.77. The third kappa shape index (κ3) is 4.16. The Bertz CT molecular complexity index is 1040.